The molecule has 23 heavy (non-hydrogen) atoms. The average molecular weight is 373 g/mol. The fraction of sp³-hybridized carbons (Fsp3) is 0.111. The number of carbonyl (C=O) groups is 1. The minimum Gasteiger partial charge on any atom is -0.484 e. The van der Waals surface area contributed by atoms with Crippen LogP contribution in [0.1, 0.15) is 11.1 Å². The lowest BCUT2D eigenvalue weighted by molar-refractivity contribution is -0.123. The maximum atomic E-state index is 11.6. The fourth-order valence-electron chi connectivity index (χ4n) is 1.70. The highest BCUT2D eigenvalue weighted by Gasteiger charge is 2.00. The van der Waals surface area contributed by atoms with Gasteiger partial charge >= 0.3 is 0 Å². The summed E-state index contributed by atoms with van der Waals surface area (Å²) in [7, 11) is 0. The van der Waals surface area contributed by atoms with Gasteiger partial charge in [0.2, 0.25) is 0 Å². The molecule has 5 heteroatoms. The van der Waals surface area contributed by atoms with E-state index in [9.17, 15) is 4.79 Å². The van der Waals surface area contributed by atoms with E-state index in [-0.39, 0.29) is 12.5 Å². The lowest BCUT2D eigenvalue weighted by Crippen LogP contribution is -2.24. The van der Waals surface area contributed by atoms with Gasteiger partial charge in [0.25, 0.3) is 5.91 Å². The summed E-state index contributed by atoms with van der Waals surface area (Å²) in [6, 6.07) is 15.4. The zero-order valence-corrected chi connectivity index (χ0v) is 14.3. The third-order valence-electron chi connectivity index (χ3n) is 2.90. The second-order valence-electron chi connectivity index (χ2n) is 4.83. The zero-order valence-electron chi connectivity index (χ0n) is 12.7. The Labute approximate surface area is 144 Å². The van der Waals surface area contributed by atoms with Crippen LogP contribution < -0.4 is 10.2 Å². The van der Waals surface area contributed by atoms with Gasteiger partial charge in [-0.2, -0.15) is 5.10 Å². The van der Waals surface area contributed by atoms with E-state index >= 15 is 0 Å². The van der Waals surface area contributed by atoms with Gasteiger partial charge in [0.1, 0.15) is 5.75 Å². The molecule has 1 amide bonds. The summed E-state index contributed by atoms with van der Waals surface area (Å²) >= 11 is 3.38. The summed E-state index contributed by atoms with van der Waals surface area (Å²) in [5.74, 6) is 0.351. The highest BCUT2D eigenvalue weighted by atomic mass is 79.9. The Hall–Kier alpha value is -2.40. The van der Waals surface area contributed by atoms with Gasteiger partial charge in [-0.15, -0.1) is 0 Å². The predicted molar refractivity (Wildman–Crippen MR) is 96.5 cm³/mol. The van der Waals surface area contributed by atoms with E-state index in [0.29, 0.717) is 5.75 Å². The number of nitrogens with one attached hydrogen (secondary N) is 1. The van der Waals surface area contributed by atoms with Gasteiger partial charge in [-0.25, -0.2) is 5.43 Å². The van der Waals surface area contributed by atoms with E-state index in [1.807, 2.05) is 61.5 Å². The van der Waals surface area contributed by atoms with Crippen LogP contribution in [0.15, 0.2) is 64.2 Å². The standard InChI is InChI=1S/C18H17BrN2O2/c1-14-4-10-17(11-5-14)23-13-18(22)21-20-12-2-3-15-6-8-16(19)9-7-15/h2-12H,13H2,1H3,(H,21,22). The molecule has 0 bridgehead atoms. The monoisotopic (exact) mass is 372 g/mol. The number of hydrazone groups is 1. The third-order valence-corrected chi connectivity index (χ3v) is 3.43. The van der Waals surface area contributed by atoms with Crippen LogP contribution in [0.2, 0.25) is 0 Å². The predicted octanol–water partition coefficient (Wildman–Crippen LogP) is 3.95. The number of allylic oxidation sites excluding steroid dienone is 1. The van der Waals surface area contributed by atoms with Crippen LogP contribution in [-0.2, 0) is 4.79 Å². The number of benzene rings is 2. The highest BCUT2D eigenvalue weighted by Crippen LogP contribution is 2.11. The first-order valence-electron chi connectivity index (χ1n) is 7.07. The third kappa shape index (κ3) is 6.48. The molecule has 0 spiro atoms. The maximum Gasteiger partial charge on any atom is 0.277 e. The Morgan fingerprint density at radius 2 is 1.87 bits per heavy atom. The molecule has 4 nitrogen and oxygen atoms in total. The number of halogens is 1. The number of ether oxygens (including phenoxy) is 1. The minimum atomic E-state index is -0.307. The summed E-state index contributed by atoms with van der Waals surface area (Å²) in [6.45, 7) is 1.92. The van der Waals surface area contributed by atoms with E-state index in [4.69, 9.17) is 4.74 Å². The van der Waals surface area contributed by atoms with Crippen molar-refractivity contribution in [3.05, 3.63) is 70.2 Å². The number of nitrogens with zero attached hydrogens (tertiary/aromatic N) is 1. The van der Waals surface area contributed by atoms with Crippen molar-refractivity contribution in [2.45, 2.75) is 6.92 Å². The smallest absolute Gasteiger partial charge is 0.277 e. The molecular formula is C18H17BrN2O2. The van der Waals surface area contributed by atoms with Crippen LogP contribution in [0.25, 0.3) is 6.08 Å². The van der Waals surface area contributed by atoms with Crippen molar-refractivity contribution in [1.29, 1.82) is 0 Å². The molecule has 1 N–H and O–H groups in total. The quantitative estimate of drug-likeness (QED) is 0.616. The second kappa shape index (κ2) is 8.90. The summed E-state index contributed by atoms with van der Waals surface area (Å²) in [4.78, 5) is 11.6. The topological polar surface area (TPSA) is 50.7 Å². The molecule has 0 heterocycles. The summed E-state index contributed by atoms with van der Waals surface area (Å²) in [5, 5.41) is 3.83. The molecule has 0 saturated heterocycles. The SMILES string of the molecule is Cc1ccc(OCC(=O)NN=CC=Cc2ccc(Br)cc2)cc1. The summed E-state index contributed by atoms with van der Waals surface area (Å²) < 4.78 is 6.38. The summed E-state index contributed by atoms with van der Waals surface area (Å²) in [6.07, 6.45) is 5.17. The zero-order chi connectivity index (χ0) is 16.5. The van der Waals surface area contributed by atoms with Crippen molar-refractivity contribution in [3.8, 4) is 5.75 Å². The number of hydrogen-bond donors (Lipinski definition) is 1. The Morgan fingerprint density at radius 3 is 2.57 bits per heavy atom. The molecule has 0 atom stereocenters. The molecule has 2 rings (SSSR count). The van der Waals surface area contributed by atoms with Crippen LogP contribution >= 0.6 is 15.9 Å². The van der Waals surface area contributed by atoms with Crippen molar-refractivity contribution >= 4 is 34.1 Å². The molecule has 0 saturated carbocycles. The van der Waals surface area contributed by atoms with E-state index in [0.717, 1.165) is 15.6 Å². The van der Waals surface area contributed by atoms with Crippen molar-refractivity contribution in [1.82, 2.24) is 5.43 Å². The Morgan fingerprint density at radius 1 is 1.17 bits per heavy atom. The minimum absolute atomic E-state index is 0.0726. The van der Waals surface area contributed by atoms with Crippen LogP contribution in [0, 0.1) is 6.92 Å². The highest BCUT2D eigenvalue weighted by molar-refractivity contribution is 9.10. The number of rotatable bonds is 6. The van der Waals surface area contributed by atoms with Gasteiger partial charge in [-0.1, -0.05) is 51.8 Å². The Bertz CT molecular complexity index is 692. The molecule has 118 valence electrons. The second-order valence-corrected chi connectivity index (χ2v) is 5.74. The first kappa shape index (κ1) is 17.0. The molecule has 0 aliphatic carbocycles. The fourth-order valence-corrected chi connectivity index (χ4v) is 1.96. The van der Waals surface area contributed by atoms with Gasteiger partial charge in [-0.3, -0.25) is 4.79 Å². The molecule has 0 fully saturated rings. The van der Waals surface area contributed by atoms with Gasteiger partial charge in [0.15, 0.2) is 6.61 Å². The van der Waals surface area contributed by atoms with E-state index in [1.54, 1.807) is 6.08 Å². The lowest BCUT2D eigenvalue weighted by atomic mass is 10.2. The normalized spacial score (nSPS) is 11.0. The average Bonchev–Trinajstić information content (AvgIpc) is 2.56. The molecule has 0 aliphatic heterocycles. The maximum absolute atomic E-state index is 11.6. The molecule has 2 aromatic carbocycles. The van der Waals surface area contributed by atoms with Crippen LogP contribution in [-0.4, -0.2) is 18.7 Å². The number of hydrogen-bond acceptors (Lipinski definition) is 3. The van der Waals surface area contributed by atoms with Gasteiger partial charge in [0, 0.05) is 10.7 Å². The van der Waals surface area contributed by atoms with Gasteiger partial charge in [0.05, 0.1) is 0 Å². The van der Waals surface area contributed by atoms with Crippen molar-refractivity contribution < 1.29 is 9.53 Å². The molecule has 0 radical (unpaired) electrons. The van der Waals surface area contributed by atoms with Crippen molar-refractivity contribution in [3.63, 3.8) is 0 Å². The van der Waals surface area contributed by atoms with E-state index < -0.39 is 0 Å². The molecule has 0 unspecified atom stereocenters. The Kier molecular flexibility index (Phi) is 6.56. The van der Waals surface area contributed by atoms with E-state index in [1.165, 1.54) is 6.21 Å². The molecular weight excluding hydrogens is 356 g/mol. The van der Waals surface area contributed by atoms with Gasteiger partial charge in [-0.05, 0) is 42.8 Å². The van der Waals surface area contributed by atoms with Crippen molar-refractivity contribution in [2.75, 3.05) is 6.61 Å². The van der Waals surface area contributed by atoms with E-state index in [2.05, 4.69) is 26.5 Å². The molecule has 0 aliphatic rings. The van der Waals surface area contributed by atoms with Crippen LogP contribution in [0.3, 0.4) is 0 Å². The van der Waals surface area contributed by atoms with Crippen molar-refractivity contribution in [2.24, 2.45) is 5.10 Å². The summed E-state index contributed by atoms with van der Waals surface area (Å²) in [5.41, 5.74) is 4.60. The molecule has 2 aromatic rings. The number of carbonyl (C=O) groups excluding carboxylic acids is 1. The van der Waals surface area contributed by atoms with Crippen LogP contribution in [0.5, 0.6) is 5.75 Å². The number of amides is 1. The number of aryl methyl sites for hydroxylation is 1. The molecule has 0 aromatic heterocycles. The first-order chi connectivity index (χ1) is 11.1. The first-order valence-corrected chi connectivity index (χ1v) is 7.86. The Balaban J connectivity index is 1.71. The van der Waals surface area contributed by atoms with Gasteiger partial charge < -0.3 is 4.74 Å². The largest absolute Gasteiger partial charge is 0.484 e. The lowest BCUT2D eigenvalue weighted by Gasteiger charge is -2.04. The van der Waals surface area contributed by atoms with Crippen LogP contribution in [0.4, 0.5) is 0 Å².